The van der Waals surface area contributed by atoms with Crippen molar-refractivity contribution in [3.05, 3.63) is 57.7 Å². The number of hydrogen-bond acceptors (Lipinski definition) is 2. The average molecular weight is 395 g/mol. The van der Waals surface area contributed by atoms with Crippen molar-refractivity contribution in [2.45, 2.75) is 32.7 Å². The van der Waals surface area contributed by atoms with E-state index in [1.807, 2.05) is 0 Å². The lowest BCUT2D eigenvalue weighted by Crippen LogP contribution is -2.00. The Bertz CT molecular complexity index is 539. The van der Waals surface area contributed by atoms with Crippen LogP contribution in [0.15, 0.2) is 48.5 Å². The summed E-state index contributed by atoms with van der Waals surface area (Å²) in [5.41, 5.74) is 2.41. The van der Waals surface area contributed by atoms with Gasteiger partial charge < -0.3 is 10.1 Å². The van der Waals surface area contributed by atoms with Crippen LogP contribution in [0.25, 0.3) is 0 Å². The Morgan fingerprint density at radius 1 is 1.05 bits per heavy atom. The van der Waals surface area contributed by atoms with Crippen molar-refractivity contribution < 1.29 is 4.74 Å². The zero-order chi connectivity index (χ0) is 14.9. The predicted molar refractivity (Wildman–Crippen MR) is 97.9 cm³/mol. The molecule has 21 heavy (non-hydrogen) atoms. The van der Waals surface area contributed by atoms with Gasteiger partial charge in [0.15, 0.2) is 0 Å². The molecule has 2 aromatic rings. The molecule has 2 nitrogen and oxygen atoms in total. The second kappa shape index (κ2) is 8.93. The van der Waals surface area contributed by atoms with Gasteiger partial charge in [-0.15, -0.1) is 0 Å². The fraction of sp³-hybridized carbons (Fsp3) is 0.333. The summed E-state index contributed by atoms with van der Waals surface area (Å²) in [5.74, 6) is 0.962. The molecule has 0 aliphatic rings. The first kappa shape index (κ1) is 16.1. The maximum atomic E-state index is 5.72. The molecule has 3 heteroatoms. The predicted octanol–water partition coefficient (Wildman–Crippen LogP) is 5.47. The summed E-state index contributed by atoms with van der Waals surface area (Å²) >= 11 is 2.33. The third-order valence-electron chi connectivity index (χ3n) is 3.26. The summed E-state index contributed by atoms with van der Waals surface area (Å²) < 4.78 is 6.96. The molecule has 2 aromatic carbocycles. The van der Waals surface area contributed by atoms with E-state index in [9.17, 15) is 0 Å². The minimum atomic E-state index is 0.813. The molecule has 2 rings (SSSR count). The first-order valence-corrected chi connectivity index (χ1v) is 8.57. The highest BCUT2D eigenvalue weighted by molar-refractivity contribution is 14.1. The Hall–Kier alpha value is -1.23. The number of hydrogen-bond donors (Lipinski definition) is 1. The highest BCUT2D eigenvalue weighted by Crippen LogP contribution is 2.16. The van der Waals surface area contributed by atoms with E-state index >= 15 is 0 Å². The van der Waals surface area contributed by atoms with Crippen LogP contribution in [-0.2, 0) is 6.54 Å². The van der Waals surface area contributed by atoms with Crippen LogP contribution >= 0.6 is 22.6 Å². The summed E-state index contributed by atoms with van der Waals surface area (Å²) in [5, 5.41) is 3.44. The van der Waals surface area contributed by atoms with Gasteiger partial charge in [0, 0.05) is 15.8 Å². The minimum absolute atomic E-state index is 0.813. The Morgan fingerprint density at radius 3 is 2.57 bits per heavy atom. The van der Waals surface area contributed by atoms with Gasteiger partial charge in [0.1, 0.15) is 5.75 Å². The van der Waals surface area contributed by atoms with E-state index in [1.165, 1.54) is 22.0 Å². The summed E-state index contributed by atoms with van der Waals surface area (Å²) in [6, 6.07) is 16.7. The summed E-state index contributed by atoms with van der Waals surface area (Å²) in [7, 11) is 0. The standard InChI is InChI=1S/C18H22INO/c1-2-3-4-12-21-18-10-8-15(9-11-18)14-20-17-7-5-6-16(19)13-17/h5-11,13,20H,2-4,12,14H2,1H3. The molecule has 0 heterocycles. The molecule has 0 saturated heterocycles. The second-order valence-corrected chi connectivity index (χ2v) is 6.31. The van der Waals surface area contributed by atoms with Gasteiger partial charge in [0.05, 0.1) is 6.61 Å². The van der Waals surface area contributed by atoms with Crippen LogP contribution in [0, 0.1) is 3.57 Å². The topological polar surface area (TPSA) is 21.3 Å². The van der Waals surface area contributed by atoms with E-state index in [4.69, 9.17) is 4.74 Å². The molecule has 0 amide bonds. The van der Waals surface area contributed by atoms with Crippen molar-refractivity contribution in [1.29, 1.82) is 0 Å². The highest BCUT2D eigenvalue weighted by atomic mass is 127. The van der Waals surface area contributed by atoms with Gasteiger partial charge in [-0.2, -0.15) is 0 Å². The van der Waals surface area contributed by atoms with Crippen molar-refractivity contribution in [1.82, 2.24) is 0 Å². The third-order valence-corrected chi connectivity index (χ3v) is 3.93. The molecule has 1 N–H and O–H groups in total. The van der Waals surface area contributed by atoms with Crippen LogP contribution in [0.1, 0.15) is 31.7 Å². The lowest BCUT2D eigenvalue weighted by molar-refractivity contribution is 0.306. The molecule has 0 fully saturated rings. The maximum absolute atomic E-state index is 5.72. The molecule has 0 aliphatic carbocycles. The zero-order valence-corrected chi connectivity index (χ0v) is 14.6. The number of anilines is 1. The minimum Gasteiger partial charge on any atom is -0.494 e. The van der Waals surface area contributed by atoms with Crippen LogP contribution in [0.3, 0.4) is 0 Å². The molecule has 0 aliphatic heterocycles. The normalized spacial score (nSPS) is 10.4. The number of halogens is 1. The van der Waals surface area contributed by atoms with Gasteiger partial charge >= 0.3 is 0 Å². The molecular formula is C18H22INO. The molecule has 0 unspecified atom stereocenters. The van der Waals surface area contributed by atoms with Crippen LogP contribution < -0.4 is 10.1 Å². The van der Waals surface area contributed by atoms with Crippen molar-refractivity contribution in [2.75, 3.05) is 11.9 Å². The third kappa shape index (κ3) is 5.96. The first-order valence-electron chi connectivity index (χ1n) is 7.49. The number of ether oxygens (including phenoxy) is 1. The average Bonchev–Trinajstić information content (AvgIpc) is 2.51. The lowest BCUT2D eigenvalue weighted by atomic mass is 10.2. The summed E-state index contributed by atoms with van der Waals surface area (Å²) in [6.07, 6.45) is 3.59. The van der Waals surface area contributed by atoms with Gasteiger partial charge in [0.2, 0.25) is 0 Å². The lowest BCUT2D eigenvalue weighted by Gasteiger charge is -2.09. The number of rotatable bonds is 8. The van der Waals surface area contributed by atoms with Gasteiger partial charge in [-0.05, 0) is 64.9 Å². The fourth-order valence-corrected chi connectivity index (χ4v) is 2.59. The molecule has 0 bridgehead atoms. The monoisotopic (exact) mass is 395 g/mol. The molecule has 0 aromatic heterocycles. The van der Waals surface area contributed by atoms with Gasteiger partial charge in [-0.3, -0.25) is 0 Å². The molecular weight excluding hydrogens is 373 g/mol. The SMILES string of the molecule is CCCCCOc1ccc(CNc2cccc(I)c2)cc1. The van der Waals surface area contributed by atoms with Crippen molar-refractivity contribution in [3.8, 4) is 5.75 Å². The Kier molecular flexibility index (Phi) is 6.86. The molecule has 0 saturated carbocycles. The number of unbranched alkanes of at least 4 members (excludes halogenated alkanes) is 2. The van der Waals surface area contributed by atoms with Gasteiger partial charge in [-0.1, -0.05) is 38.0 Å². The van der Waals surface area contributed by atoms with E-state index in [-0.39, 0.29) is 0 Å². The summed E-state index contributed by atoms with van der Waals surface area (Å²) in [6.45, 7) is 3.85. The largest absolute Gasteiger partial charge is 0.494 e. The zero-order valence-electron chi connectivity index (χ0n) is 12.4. The smallest absolute Gasteiger partial charge is 0.119 e. The van der Waals surface area contributed by atoms with Gasteiger partial charge in [-0.25, -0.2) is 0 Å². The van der Waals surface area contributed by atoms with Crippen LogP contribution in [0.4, 0.5) is 5.69 Å². The Labute approximate surface area is 141 Å². The van der Waals surface area contributed by atoms with Crippen molar-refractivity contribution in [3.63, 3.8) is 0 Å². The van der Waals surface area contributed by atoms with E-state index in [0.29, 0.717) is 0 Å². The van der Waals surface area contributed by atoms with Gasteiger partial charge in [0.25, 0.3) is 0 Å². The molecule has 112 valence electrons. The van der Waals surface area contributed by atoms with E-state index in [2.05, 4.69) is 83.4 Å². The Morgan fingerprint density at radius 2 is 1.86 bits per heavy atom. The number of benzene rings is 2. The first-order chi connectivity index (χ1) is 10.3. The van der Waals surface area contributed by atoms with E-state index in [0.717, 1.165) is 31.0 Å². The summed E-state index contributed by atoms with van der Waals surface area (Å²) in [4.78, 5) is 0. The van der Waals surface area contributed by atoms with Crippen LogP contribution in [0.5, 0.6) is 5.75 Å². The van der Waals surface area contributed by atoms with Crippen LogP contribution in [-0.4, -0.2) is 6.61 Å². The molecule has 0 radical (unpaired) electrons. The number of nitrogens with one attached hydrogen (secondary N) is 1. The highest BCUT2D eigenvalue weighted by Gasteiger charge is 1.97. The molecule has 0 spiro atoms. The van der Waals surface area contributed by atoms with Crippen LogP contribution in [0.2, 0.25) is 0 Å². The maximum Gasteiger partial charge on any atom is 0.119 e. The second-order valence-electron chi connectivity index (χ2n) is 5.06. The van der Waals surface area contributed by atoms with E-state index < -0.39 is 0 Å². The molecule has 0 atom stereocenters. The van der Waals surface area contributed by atoms with E-state index in [1.54, 1.807) is 0 Å². The van der Waals surface area contributed by atoms with Crippen molar-refractivity contribution >= 4 is 28.3 Å². The van der Waals surface area contributed by atoms with Crippen molar-refractivity contribution in [2.24, 2.45) is 0 Å². The Balaban J connectivity index is 1.79. The quantitative estimate of drug-likeness (QED) is 0.473. The fourth-order valence-electron chi connectivity index (χ4n) is 2.05.